The van der Waals surface area contributed by atoms with Crippen molar-refractivity contribution in [1.29, 1.82) is 0 Å². The van der Waals surface area contributed by atoms with Gasteiger partial charge in [-0.1, -0.05) is 30.8 Å². The zero-order valence-corrected chi connectivity index (χ0v) is 13.0. The number of likely N-dealkylation sites (tertiary alicyclic amines) is 1. The van der Waals surface area contributed by atoms with Gasteiger partial charge in [-0.15, -0.1) is 0 Å². The molecule has 2 rings (SSSR count). The fourth-order valence-corrected chi connectivity index (χ4v) is 3.64. The van der Waals surface area contributed by atoms with Crippen molar-refractivity contribution in [3.8, 4) is 0 Å². The average Bonchev–Trinajstić information content (AvgIpc) is 2.73. The molecule has 120 valence electrons. The van der Waals surface area contributed by atoms with Crippen molar-refractivity contribution in [3.05, 3.63) is 0 Å². The van der Waals surface area contributed by atoms with Crippen LogP contribution < -0.4 is 11.1 Å². The molecule has 1 aliphatic carbocycles. The van der Waals surface area contributed by atoms with E-state index in [0.29, 0.717) is 12.8 Å². The lowest BCUT2D eigenvalue weighted by atomic mass is 9.78. The van der Waals surface area contributed by atoms with Gasteiger partial charge in [-0.2, -0.15) is 0 Å². The van der Waals surface area contributed by atoms with Crippen molar-refractivity contribution in [2.24, 2.45) is 16.3 Å². The Kier molecular flexibility index (Phi) is 5.45. The van der Waals surface area contributed by atoms with E-state index in [1.165, 1.54) is 0 Å². The highest BCUT2D eigenvalue weighted by Crippen LogP contribution is 2.36. The van der Waals surface area contributed by atoms with Crippen LogP contribution in [0.25, 0.3) is 0 Å². The van der Waals surface area contributed by atoms with Gasteiger partial charge in [-0.3, -0.25) is 4.79 Å². The van der Waals surface area contributed by atoms with Crippen molar-refractivity contribution in [2.75, 3.05) is 20.1 Å². The number of nitrogens with two attached hydrogens (primary N) is 1. The number of hydrogen-bond acceptors (Lipinski definition) is 4. The summed E-state index contributed by atoms with van der Waals surface area (Å²) in [5, 5.41) is 15.4. The van der Waals surface area contributed by atoms with Crippen molar-refractivity contribution >= 4 is 11.7 Å². The Labute approximate surface area is 126 Å². The standard InChI is InChI=1S/C15H28N4O2/c1-19-10-6-7-12(11-19)17-14(20)15(13(16)18-21)8-4-2-3-5-9-15/h12,21H,2-11H2,1H3,(H2,16,18)(H,17,20). The molecule has 1 amide bonds. The molecule has 0 aromatic heterocycles. The third-order valence-corrected chi connectivity index (χ3v) is 4.95. The SMILES string of the molecule is CN1CCCC(NC(=O)C2(C(N)=NO)CCCCCC2)C1. The van der Waals surface area contributed by atoms with E-state index in [-0.39, 0.29) is 17.8 Å². The van der Waals surface area contributed by atoms with Gasteiger partial charge in [-0.25, -0.2) is 0 Å². The van der Waals surface area contributed by atoms with Gasteiger partial charge in [0.2, 0.25) is 5.91 Å². The third-order valence-electron chi connectivity index (χ3n) is 4.95. The third kappa shape index (κ3) is 3.67. The summed E-state index contributed by atoms with van der Waals surface area (Å²) in [5.74, 6) is 0.0195. The summed E-state index contributed by atoms with van der Waals surface area (Å²) < 4.78 is 0. The highest BCUT2D eigenvalue weighted by Gasteiger charge is 2.43. The van der Waals surface area contributed by atoms with Crippen molar-refractivity contribution < 1.29 is 10.0 Å². The summed E-state index contributed by atoms with van der Waals surface area (Å²) in [4.78, 5) is 15.1. The molecule has 6 heteroatoms. The number of amidine groups is 1. The first-order chi connectivity index (χ1) is 10.1. The molecule has 0 radical (unpaired) electrons. The lowest BCUT2D eigenvalue weighted by molar-refractivity contribution is -0.129. The Morgan fingerprint density at radius 1 is 1.29 bits per heavy atom. The minimum Gasteiger partial charge on any atom is -0.409 e. The molecule has 1 atom stereocenters. The topological polar surface area (TPSA) is 91.0 Å². The number of nitrogens with one attached hydrogen (secondary N) is 1. The molecule has 2 fully saturated rings. The molecule has 6 nitrogen and oxygen atoms in total. The van der Waals surface area contributed by atoms with Gasteiger partial charge in [0.15, 0.2) is 5.84 Å². The van der Waals surface area contributed by atoms with Gasteiger partial charge in [0.25, 0.3) is 0 Å². The van der Waals surface area contributed by atoms with E-state index < -0.39 is 5.41 Å². The van der Waals surface area contributed by atoms with E-state index in [0.717, 1.165) is 51.6 Å². The summed E-state index contributed by atoms with van der Waals surface area (Å²) in [7, 11) is 2.07. The molecule has 0 aromatic carbocycles. The summed E-state index contributed by atoms with van der Waals surface area (Å²) in [6.07, 6.45) is 7.58. The largest absolute Gasteiger partial charge is 0.409 e. The van der Waals surface area contributed by atoms with Gasteiger partial charge in [-0.05, 0) is 39.3 Å². The van der Waals surface area contributed by atoms with Crippen LogP contribution in [0.4, 0.5) is 0 Å². The second kappa shape index (κ2) is 7.11. The van der Waals surface area contributed by atoms with E-state index in [1.807, 2.05) is 0 Å². The van der Waals surface area contributed by atoms with E-state index in [4.69, 9.17) is 10.9 Å². The number of carbonyl (C=O) groups excluding carboxylic acids is 1. The predicted molar refractivity (Wildman–Crippen MR) is 82.2 cm³/mol. The molecule has 0 spiro atoms. The number of oxime groups is 1. The zero-order valence-electron chi connectivity index (χ0n) is 13.0. The Morgan fingerprint density at radius 2 is 1.95 bits per heavy atom. The molecule has 1 saturated heterocycles. The number of nitrogens with zero attached hydrogens (tertiary/aromatic N) is 2. The maximum absolute atomic E-state index is 12.8. The van der Waals surface area contributed by atoms with E-state index in [1.54, 1.807) is 0 Å². The minimum atomic E-state index is -0.818. The fraction of sp³-hybridized carbons (Fsp3) is 0.867. The Bertz CT molecular complexity index is 389. The first-order valence-corrected chi connectivity index (χ1v) is 8.06. The van der Waals surface area contributed by atoms with E-state index in [9.17, 15) is 4.79 Å². The molecule has 1 aliphatic heterocycles. The normalized spacial score (nSPS) is 27.9. The van der Waals surface area contributed by atoms with Crippen LogP contribution >= 0.6 is 0 Å². The molecule has 0 aromatic rings. The lowest BCUT2D eigenvalue weighted by Gasteiger charge is -2.35. The lowest BCUT2D eigenvalue weighted by Crippen LogP contribution is -2.55. The summed E-state index contributed by atoms with van der Waals surface area (Å²) in [5.41, 5.74) is 5.10. The molecular formula is C15H28N4O2. The molecule has 0 bridgehead atoms. The molecular weight excluding hydrogens is 268 g/mol. The molecule has 4 N–H and O–H groups in total. The van der Waals surface area contributed by atoms with Crippen LogP contribution in [-0.2, 0) is 4.79 Å². The predicted octanol–water partition coefficient (Wildman–Crippen LogP) is 1.28. The van der Waals surface area contributed by atoms with Crippen LogP contribution in [0.1, 0.15) is 51.4 Å². The highest BCUT2D eigenvalue weighted by molar-refractivity contribution is 6.06. The molecule has 1 heterocycles. The smallest absolute Gasteiger partial charge is 0.234 e. The first kappa shape index (κ1) is 16.1. The maximum atomic E-state index is 12.8. The van der Waals surface area contributed by atoms with Crippen LogP contribution in [0.5, 0.6) is 0 Å². The fourth-order valence-electron chi connectivity index (χ4n) is 3.64. The van der Waals surface area contributed by atoms with Crippen LogP contribution in [0.15, 0.2) is 5.16 Å². The first-order valence-electron chi connectivity index (χ1n) is 8.06. The molecule has 21 heavy (non-hydrogen) atoms. The summed E-state index contributed by atoms with van der Waals surface area (Å²) in [6.45, 7) is 1.95. The highest BCUT2D eigenvalue weighted by atomic mass is 16.4. The number of rotatable bonds is 3. The van der Waals surface area contributed by atoms with Gasteiger partial charge in [0, 0.05) is 12.6 Å². The Morgan fingerprint density at radius 3 is 2.52 bits per heavy atom. The number of carbonyl (C=O) groups is 1. The van der Waals surface area contributed by atoms with Crippen molar-refractivity contribution in [2.45, 2.75) is 57.4 Å². The van der Waals surface area contributed by atoms with Gasteiger partial charge < -0.3 is 21.2 Å². The number of likely N-dealkylation sites (N-methyl/N-ethyl adjacent to an activating group) is 1. The summed E-state index contributed by atoms with van der Waals surface area (Å²) >= 11 is 0. The summed E-state index contributed by atoms with van der Waals surface area (Å²) in [6, 6.07) is 0.169. The quantitative estimate of drug-likeness (QED) is 0.241. The van der Waals surface area contributed by atoms with Gasteiger partial charge in [0.1, 0.15) is 5.41 Å². The number of hydrogen-bond donors (Lipinski definition) is 3. The molecule has 2 aliphatic rings. The Balaban J connectivity index is 2.10. The average molecular weight is 296 g/mol. The number of piperidine rings is 1. The zero-order chi connectivity index (χ0) is 15.3. The van der Waals surface area contributed by atoms with Crippen LogP contribution in [0.3, 0.4) is 0 Å². The molecule has 1 unspecified atom stereocenters. The van der Waals surface area contributed by atoms with Crippen LogP contribution in [0, 0.1) is 5.41 Å². The monoisotopic (exact) mass is 296 g/mol. The maximum Gasteiger partial charge on any atom is 0.234 e. The molecule has 1 saturated carbocycles. The Hall–Kier alpha value is -1.30. The van der Waals surface area contributed by atoms with Gasteiger partial charge in [0.05, 0.1) is 0 Å². The number of amides is 1. The van der Waals surface area contributed by atoms with Crippen molar-refractivity contribution in [3.63, 3.8) is 0 Å². The van der Waals surface area contributed by atoms with E-state index in [2.05, 4.69) is 22.4 Å². The van der Waals surface area contributed by atoms with Gasteiger partial charge >= 0.3 is 0 Å². The van der Waals surface area contributed by atoms with E-state index >= 15 is 0 Å². The van der Waals surface area contributed by atoms with Crippen LogP contribution in [0.2, 0.25) is 0 Å². The second-order valence-electron chi connectivity index (χ2n) is 6.56. The second-order valence-corrected chi connectivity index (χ2v) is 6.56. The van der Waals surface area contributed by atoms with Crippen LogP contribution in [-0.4, -0.2) is 48.0 Å². The minimum absolute atomic E-state index is 0.0556. The van der Waals surface area contributed by atoms with Crippen molar-refractivity contribution in [1.82, 2.24) is 10.2 Å².